The monoisotopic (exact) mass is 353 g/mol. The van der Waals surface area contributed by atoms with E-state index < -0.39 is 11.8 Å². The molecule has 0 saturated heterocycles. The summed E-state index contributed by atoms with van der Waals surface area (Å²) < 4.78 is 14.3. The highest BCUT2D eigenvalue weighted by atomic mass is 79.9. The van der Waals surface area contributed by atoms with Crippen molar-refractivity contribution in [2.45, 2.75) is 26.3 Å². The number of amides is 2. The molecule has 2 N–H and O–H groups in total. The van der Waals surface area contributed by atoms with Crippen molar-refractivity contribution in [1.29, 1.82) is 0 Å². The maximum absolute atomic E-state index is 13.7. The van der Waals surface area contributed by atoms with Crippen molar-refractivity contribution in [3.8, 4) is 0 Å². The zero-order valence-corrected chi connectivity index (χ0v) is 13.4. The summed E-state index contributed by atoms with van der Waals surface area (Å²) in [5.74, 6) is -0.287. The minimum atomic E-state index is -0.486. The molecule has 21 heavy (non-hydrogen) atoms. The van der Waals surface area contributed by atoms with E-state index in [1.165, 1.54) is 12.1 Å². The van der Waals surface area contributed by atoms with Crippen molar-refractivity contribution in [2.24, 2.45) is 10.9 Å². The number of nitrogens with one attached hydrogen (secondary N) is 2. The summed E-state index contributed by atoms with van der Waals surface area (Å²) in [6.07, 6.45) is 4.41. The third-order valence-corrected chi connectivity index (χ3v) is 3.66. The van der Waals surface area contributed by atoms with Crippen LogP contribution in [0.3, 0.4) is 0 Å². The number of benzene rings is 1. The molecule has 2 rings (SSSR count). The molecular weight excluding hydrogens is 337 g/mol. The molecule has 0 fully saturated rings. The molecule has 1 heterocycles. The van der Waals surface area contributed by atoms with Crippen molar-refractivity contribution in [1.82, 2.24) is 5.32 Å². The summed E-state index contributed by atoms with van der Waals surface area (Å²) >= 11 is 3.18. The second kappa shape index (κ2) is 6.85. The lowest BCUT2D eigenvalue weighted by atomic mass is 9.98. The second-order valence-electron chi connectivity index (χ2n) is 5.15. The molecule has 0 radical (unpaired) electrons. The highest BCUT2D eigenvalue weighted by Crippen LogP contribution is 2.19. The SMILES string of the molecule is CC(C)[C@H](NC(=O)Nc1ccc(Br)cc1F)C1=NC=CC1. The summed E-state index contributed by atoms with van der Waals surface area (Å²) in [5.41, 5.74) is 1.06. The van der Waals surface area contributed by atoms with Crippen LogP contribution in [0.4, 0.5) is 14.9 Å². The second-order valence-corrected chi connectivity index (χ2v) is 6.07. The number of nitrogens with zero attached hydrogens (tertiary/aromatic N) is 1. The van der Waals surface area contributed by atoms with Gasteiger partial charge in [0, 0.05) is 22.8 Å². The van der Waals surface area contributed by atoms with Crippen LogP contribution in [0.1, 0.15) is 20.3 Å². The molecule has 1 aromatic carbocycles. The van der Waals surface area contributed by atoms with Gasteiger partial charge in [-0.15, -0.1) is 0 Å². The fourth-order valence-electron chi connectivity index (χ4n) is 2.11. The fraction of sp³-hybridized carbons (Fsp3) is 0.333. The molecule has 1 atom stereocenters. The molecule has 112 valence electrons. The summed E-state index contributed by atoms with van der Waals surface area (Å²) in [4.78, 5) is 16.3. The molecule has 2 amide bonds. The quantitative estimate of drug-likeness (QED) is 0.841. The zero-order chi connectivity index (χ0) is 15.4. The van der Waals surface area contributed by atoms with Gasteiger partial charge in [-0.05, 0) is 24.1 Å². The van der Waals surface area contributed by atoms with Crippen LogP contribution in [0.2, 0.25) is 0 Å². The van der Waals surface area contributed by atoms with Gasteiger partial charge in [-0.1, -0.05) is 35.9 Å². The number of allylic oxidation sites excluding steroid dienone is 1. The first-order valence-corrected chi connectivity index (χ1v) is 7.51. The molecule has 0 saturated carbocycles. The first-order chi connectivity index (χ1) is 9.97. The lowest BCUT2D eigenvalue weighted by Gasteiger charge is -2.23. The third-order valence-electron chi connectivity index (χ3n) is 3.16. The first kappa shape index (κ1) is 15.7. The van der Waals surface area contributed by atoms with Crippen LogP contribution in [0, 0.1) is 11.7 Å². The number of carbonyl (C=O) groups is 1. The Labute approximate surface area is 131 Å². The van der Waals surface area contributed by atoms with E-state index in [1.54, 1.807) is 12.3 Å². The molecule has 1 aliphatic heterocycles. The average molecular weight is 354 g/mol. The van der Waals surface area contributed by atoms with Crippen LogP contribution in [0.5, 0.6) is 0 Å². The Balaban J connectivity index is 2.02. The third kappa shape index (κ3) is 4.14. The standard InChI is InChI=1S/C15H17BrFN3O/c1-9(2)14(13-4-3-7-18-13)20-15(21)19-12-6-5-10(16)8-11(12)17/h3,5-9,14H,4H2,1-2H3,(H2,19,20,21)/t14-/m0/s1. The smallest absolute Gasteiger partial charge is 0.319 e. The Kier molecular flexibility index (Phi) is 5.12. The van der Waals surface area contributed by atoms with Gasteiger partial charge in [0.1, 0.15) is 5.82 Å². The lowest BCUT2D eigenvalue weighted by Crippen LogP contribution is -2.45. The highest BCUT2D eigenvalue weighted by Gasteiger charge is 2.22. The molecule has 0 bridgehead atoms. The van der Waals surface area contributed by atoms with Gasteiger partial charge in [0.25, 0.3) is 0 Å². The van der Waals surface area contributed by atoms with Crippen molar-refractivity contribution in [3.05, 3.63) is 40.8 Å². The number of hydrogen-bond donors (Lipinski definition) is 2. The molecule has 1 aromatic rings. The van der Waals surface area contributed by atoms with Gasteiger partial charge in [-0.25, -0.2) is 9.18 Å². The Morgan fingerprint density at radius 2 is 2.19 bits per heavy atom. The van der Waals surface area contributed by atoms with E-state index in [4.69, 9.17) is 0 Å². The van der Waals surface area contributed by atoms with Crippen LogP contribution < -0.4 is 10.6 Å². The number of anilines is 1. The van der Waals surface area contributed by atoms with Gasteiger partial charge in [0.05, 0.1) is 11.7 Å². The summed E-state index contributed by atoms with van der Waals surface area (Å²) in [6, 6.07) is 3.88. The van der Waals surface area contributed by atoms with E-state index in [0.717, 1.165) is 12.1 Å². The molecule has 0 aromatic heterocycles. The Hall–Kier alpha value is -1.69. The predicted molar refractivity (Wildman–Crippen MR) is 86.1 cm³/mol. The van der Waals surface area contributed by atoms with Gasteiger partial charge in [-0.2, -0.15) is 0 Å². The number of aliphatic imine (C=N–C) groups is 1. The van der Waals surface area contributed by atoms with E-state index in [0.29, 0.717) is 4.47 Å². The number of hydrogen-bond acceptors (Lipinski definition) is 2. The molecule has 4 nitrogen and oxygen atoms in total. The summed E-state index contributed by atoms with van der Waals surface area (Å²) in [6.45, 7) is 4.01. The van der Waals surface area contributed by atoms with Gasteiger partial charge in [-0.3, -0.25) is 4.99 Å². The lowest BCUT2D eigenvalue weighted by molar-refractivity contribution is 0.248. The number of rotatable bonds is 4. The van der Waals surface area contributed by atoms with Gasteiger partial charge in [0.15, 0.2) is 0 Å². The molecule has 1 aliphatic rings. The molecule has 0 aliphatic carbocycles. The minimum absolute atomic E-state index is 0.143. The maximum Gasteiger partial charge on any atom is 0.319 e. The van der Waals surface area contributed by atoms with Crippen LogP contribution in [-0.2, 0) is 0 Å². The van der Waals surface area contributed by atoms with E-state index in [1.807, 2.05) is 19.9 Å². The normalized spacial score (nSPS) is 15.0. The fourth-order valence-corrected chi connectivity index (χ4v) is 2.44. The van der Waals surface area contributed by atoms with Crippen LogP contribution in [0.15, 0.2) is 39.9 Å². The first-order valence-electron chi connectivity index (χ1n) is 6.71. The van der Waals surface area contributed by atoms with E-state index in [9.17, 15) is 9.18 Å². The summed E-state index contributed by atoms with van der Waals surface area (Å²) in [7, 11) is 0. The van der Waals surface area contributed by atoms with E-state index in [-0.39, 0.29) is 17.6 Å². The van der Waals surface area contributed by atoms with E-state index >= 15 is 0 Å². The molecular formula is C15H17BrFN3O. The number of halogens is 2. The van der Waals surface area contributed by atoms with Crippen LogP contribution in [0.25, 0.3) is 0 Å². The van der Waals surface area contributed by atoms with Crippen LogP contribution in [-0.4, -0.2) is 17.8 Å². The van der Waals surface area contributed by atoms with Crippen molar-refractivity contribution in [2.75, 3.05) is 5.32 Å². The van der Waals surface area contributed by atoms with Crippen molar-refractivity contribution >= 4 is 33.4 Å². The number of urea groups is 1. The molecule has 6 heteroatoms. The Morgan fingerprint density at radius 3 is 2.76 bits per heavy atom. The van der Waals surface area contributed by atoms with Crippen molar-refractivity contribution in [3.63, 3.8) is 0 Å². The Bertz CT molecular complexity index is 599. The van der Waals surface area contributed by atoms with Gasteiger partial charge < -0.3 is 10.6 Å². The molecule has 0 unspecified atom stereocenters. The summed E-state index contributed by atoms with van der Waals surface area (Å²) in [5, 5.41) is 5.37. The van der Waals surface area contributed by atoms with Gasteiger partial charge >= 0.3 is 6.03 Å². The van der Waals surface area contributed by atoms with Gasteiger partial charge in [0.2, 0.25) is 0 Å². The minimum Gasteiger partial charge on any atom is -0.330 e. The van der Waals surface area contributed by atoms with E-state index in [2.05, 4.69) is 31.6 Å². The zero-order valence-electron chi connectivity index (χ0n) is 11.9. The largest absolute Gasteiger partial charge is 0.330 e. The Morgan fingerprint density at radius 1 is 1.43 bits per heavy atom. The topological polar surface area (TPSA) is 53.5 Å². The average Bonchev–Trinajstić information content (AvgIpc) is 2.92. The molecule has 0 spiro atoms. The highest BCUT2D eigenvalue weighted by molar-refractivity contribution is 9.10. The maximum atomic E-state index is 13.7. The van der Waals surface area contributed by atoms with Crippen LogP contribution >= 0.6 is 15.9 Å². The van der Waals surface area contributed by atoms with Crippen molar-refractivity contribution < 1.29 is 9.18 Å². The number of carbonyl (C=O) groups excluding carboxylic acids is 1. The predicted octanol–water partition coefficient (Wildman–Crippen LogP) is 4.09.